The third-order valence-electron chi connectivity index (χ3n) is 5.29. The summed E-state index contributed by atoms with van der Waals surface area (Å²) in [6.45, 7) is 15.1. The van der Waals surface area contributed by atoms with Gasteiger partial charge in [0.25, 0.3) is 0 Å². The van der Waals surface area contributed by atoms with Crippen molar-refractivity contribution in [2.24, 2.45) is 5.92 Å². The Morgan fingerprint density at radius 1 is 1.06 bits per heavy atom. The summed E-state index contributed by atoms with van der Waals surface area (Å²) in [6, 6.07) is 5.22. The zero-order chi connectivity index (χ0) is 26.8. The molecule has 0 aliphatic rings. The standard InChI is InChI=1S/C28H43N3O4/c1-10-12-15-18-31(26(33)23(19(3)4)30-27(34)35-28(7,8)9)24(25(32)29-20(5)6)22-17-14-13-16-21(22)11-2/h2,13-14,16-17,19-20,23-24H,10,12,15,18H2,1,3-9H3,(H,29,32)(H,30,34). The molecule has 7 heteroatoms. The van der Waals surface area contributed by atoms with Crippen molar-refractivity contribution >= 4 is 17.9 Å². The van der Waals surface area contributed by atoms with Gasteiger partial charge in [0.1, 0.15) is 17.7 Å². The Labute approximate surface area is 211 Å². The van der Waals surface area contributed by atoms with E-state index >= 15 is 0 Å². The van der Waals surface area contributed by atoms with Crippen molar-refractivity contribution in [1.29, 1.82) is 0 Å². The van der Waals surface area contributed by atoms with Crippen LogP contribution >= 0.6 is 0 Å². The lowest BCUT2D eigenvalue weighted by Gasteiger charge is -2.36. The van der Waals surface area contributed by atoms with E-state index < -0.39 is 23.8 Å². The lowest BCUT2D eigenvalue weighted by atomic mass is 9.95. The van der Waals surface area contributed by atoms with Crippen molar-refractivity contribution in [3.05, 3.63) is 35.4 Å². The van der Waals surface area contributed by atoms with E-state index in [9.17, 15) is 14.4 Å². The molecule has 0 aromatic heterocycles. The summed E-state index contributed by atoms with van der Waals surface area (Å²) in [6.07, 6.45) is 7.65. The number of ether oxygens (including phenoxy) is 1. The average Bonchev–Trinajstić information content (AvgIpc) is 2.74. The molecule has 1 aromatic rings. The van der Waals surface area contributed by atoms with Crippen LogP contribution in [-0.2, 0) is 14.3 Å². The lowest BCUT2D eigenvalue weighted by molar-refractivity contribution is -0.143. The Balaban J connectivity index is 3.54. The largest absolute Gasteiger partial charge is 0.444 e. The summed E-state index contributed by atoms with van der Waals surface area (Å²) >= 11 is 0. The van der Waals surface area contributed by atoms with Gasteiger partial charge in [-0.15, -0.1) is 6.42 Å². The summed E-state index contributed by atoms with van der Waals surface area (Å²) in [5.74, 6) is 1.75. The molecule has 0 radical (unpaired) electrons. The fourth-order valence-corrected chi connectivity index (χ4v) is 3.71. The Bertz CT molecular complexity index is 896. The number of carbonyl (C=O) groups excluding carboxylic acids is 3. The van der Waals surface area contributed by atoms with Gasteiger partial charge in [0.15, 0.2) is 0 Å². The molecular formula is C28H43N3O4. The lowest BCUT2D eigenvalue weighted by Crippen LogP contribution is -2.55. The number of alkyl carbamates (subject to hydrolysis) is 1. The van der Waals surface area contributed by atoms with E-state index in [2.05, 4.69) is 23.5 Å². The van der Waals surface area contributed by atoms with Crippen LogP contribution in [0.1, 0.15) is 91.8 Å². The first-order chi connectivity index (χ1) is 16.3. The minimum Gasteiger partial charge on any atom is -0.444 e. The first-order valence-electron chi connectivity index (χ1n) is 12.5. The predicted molar refractivity (Wildman–Crippen MR) is 140 cm³/mol. The smallest absolute Gasteiger partial charge is 0.408 e. The van der Waals surface area contributed by atoms with E-state index in [0.717, 1.165) is 12.8 Å². The van der Waals surface area contributed by atoms with Crippen LogP contribution in [0.25, 0.3) is 0 Å². The molecule has 0 heterocycles. The summed E-state index contributed by atoms with van der Waals surface area (Å²) < 4.78 is 5.40. The van der Waals surface area contributed by atoms with Crippen LogP contribution in [0.4, 0.5) is 4.79 Å². The van der Waals surface area contributed by atoms with Crippen LogP contribution in [0.5, 0.6) is 0 Å². The second-order valence-electron chi connectivity index (χ2n) is 10.4. The topological polar surface area (TPSA) is 87.7 Å². The second-order valence-corrected chi connectivity index (χ2v) is 10.4. The van der Waals surface area contributed by atoms with Gasteiger partial charge in [-0.05, 0) is 58.6 Å². The van der Waals surface area contributed by atoms with Crippen LogP contribution in [0.3, 0.4) is 0 Å². The Hall–Kier alpha value is -3.01. The summed E-state index contributed by atoms with van der Waals surface area (Å²) in [5, 5.41) is 5.68. The van der Waals surface area contributed by atoms with Gasteiger partial charge in [0.2, 0.25) is 11.8 Å². The molecule has 0 aliphatic heterocycles. The first-order valence-corrected chi connectivity index (χ1v) is 12.5. The van der Waals surface area contributed by atoms with Crippen LogP contribution < -0.4 is 10.6 Å². The number of hydrogen-bond donors (Lipinski definition) is 2. The maximum absolute atomic E-state index is 14.0. The molecule has 2 N–H and O–H groups in total. The van der Waals surface area contributed by atoms with Crippen molar-refractivity contribution in [2.45, 2.75) is 98.4 Å². The zero-order valence-electron chi connectivity index (χ0n) is 22.6. The third-order valence-corrected chi connectivity index (χ3v) is 5.29. The minimum absolute atomic E-state index is 0.128. The third kappa shape index (κ3) is 9.64. The number of rotatable bonds is 11. The van der Waals surface area contributed by atoms with Crippen LogP contribution in [0, 0.1) is 18.3 Å². The van der Waals surface area contributed by atoms with Gasteiger partial charge in [-0.25, -0.2) is 4.79 Å². The molecule has 0 fully saturated rings. The van der Waals surface area contributed by atoms with E-state index in [0.29, 0.717) is 24.1 Å². The maximum Gasteiger partial charge on any atom is 0.408 e. The highest BCUT2D eigenvalue weighted by Gasteiger charge is 2.38. The van der Waals surface area contributed by atoms with Gasteiger partial charge in [-0.1, -0.05) is 57.7 Å². The maximum atomic E-state index is 14.0. The molecule has 0 spiro atoms. The van der Waals surface area contributed by atoms with Crippen LogP contribution in [0.15, 0.2) is 24.3 Å². The number of amides is 3. The molecule has 7 nitrogen and oxygen atoms in total. The van der Waals surface area contributed by atoms with E-state index in [-0.39, 0.29) is 23.8 Å². The zero-order valence-corrected chi connectivity index (χ0v) is 22.6. The van der Waals surface area contributed by atoms with E-state index in [1.807, 2.05) is 27.7 Å². The number of terminal acetylenes is 1. The second kappa shape index (κ2) is 13.8. The van der Waals surface area contributed by atoms with Gasteiger partial charge in [0, 0.05) is 18.2 Å². The Morgan fingerprint density at radius 3 is 2.20 bits per heavy atom. The molecule has 194 valence electrons. The summed E-state index contributed by atoms with van der Waals surface area (Å²) in [5.41, 5.74) is 0.421. The highest BCUT2D eigenvalue weighted by molar-refractivity contribution is 5.92. The molecule has 0 saturated carbocycles. The van der Waals surface area contributed by atoms with Crippen LogP contribution in [-0.4, -0.2) is 47.0 Å². The van der Waals surface area contributed by atoms with E-state index in [1.54, 1.807) is 49.9 Å². The van der Waals surface area contributed by atoms with Gasteiger partial charge in [0.05, 0.1) is 0 Å². The number of hydrogen-bond acceptors (Lipinski definition) is 4. The van der Waals surface area contributed by atoms with Crippen molar-refractivity contribution in [1.82, 2.24) is 15.5 Å². The number of nitrogens with zero attached hydrogens (tertiary/aromatic N) is 1. The Kier molecular flexibility index (Phi) is 11.8. The van der Waals surface area contributed by atoms with E-state index in [1.165, 1.54) is 0 Å². The molecular weight excluding hydrogens is 442 g/mol. The van der Waals surface area contributed by atoms with Gasteiger partial charge < -0.3 is 20.3 Å². The van der Waals surface area contributed by atoms with Gasteiger partial charge in [-0.2, -0.15) is 0 Å². The molecule has 0 aliphatic carbocycles. The number of nitrogens with one attached hydrogen (secondary N) is 2. The minimum atomic E-state index is -0.935. The summed E-state index contributed by atoms with van der Waals surface area (Å²) in [4.78, 5) is 41.7. The summed E-state index contributed by atoms with van der Waals surface area (Å²) in [7, 11) is 0. The highest BCUT2D eigenvalue weighted by atomic mass is 16.6. The Morgan fingerprint density at radius 2 is 1.69 bits per heavy atom. The van der Waals surface area contributed by atoms with E-state index in [4.69, 9.17) is 11.2 Å². The quantitative estimate of drug-likeness (QED) is 0.348. The van der Waals surface area contributed by atoms with Crippen LogP contribution in [0.2, 0.25) is 0 Å². The first kappa shape index (κ1) is 30.0. The molecule has 35 heavy (non-hydrogen) atoms. The normalized spacial score (nSPS) is 13.1. The fourth-order valence-electron chi connectivity index (χ4n) is 3.71. The predicted octanol–water partition coefficient (Wildman–Crippen LogP) is 4.80. The fraction of sp³-hybridized carbons (Fsp3) is 0.607. The number of unbranched alkanes of at least 4 members (excludes halogenated alkanes) is 2. The molecule has 1 aromatic carbocycles. The van der Waals surface area contributed by atoms with Crippen molar-refractivity contribution in [2.75, 3.05) is 6.54 Å². The monoisotopic (exact) mass is 485 g/mol. The molecule has 2 unspecified atom stereocenters. The van der Waals surface area contributed by atoms with Crippen molar-refractivity contribution < 1.29 is 19.1 Å². The highest BCUT2D eigenvalue weighted by Crippen LogP contribution is 2.27. The molecule has 1 rings (SSSR count). The van der Waals surface area contributed by atoms with Gasteiger partial charge >= 0.3 is 6.09 Å². The molecule has 0 saturated heterocycles. The average molecular weight is 486 g/mol. The SMILES string of the molecule is C#Cc1ccccc1C(C(=O)NC(C)C)N(CCCCC)C(=O)C(NC(=O)OC(C)(C)C)C(C)C. The molecule has 3 amide bonds. The number of carbonyl (C=O) groups is 3. The number of benzene rings is 1. The molecule has 0 bridgehead atoms. The molecule has 2 atom stereocenters. The van der Waals surface area contributed by atoms with Gasteiger partial charge in [-0.3, -0.25) is 9.59 Å². The van der Waals surface area contributed by atoms with Crippen molar-refractivity contribution in [3.8, 4) is 12.3 Å². The van der Waals surface area contributed by atoms with Crippen molar-refractivity contribution in [3.63, 3.8) is 0 Å².